The highest BCUT2D eigenvalue weighted by atomic mass is 19.1. The van der Waals surface area contributed by atoms with Gasteiger partial charge in [0, 0.05) is 7.11 Å². The Morgan fingerprint density at radius 2 is 2.12 bits per heavy atom. The maximum absolute atomic E-state index is 14.0. The molecule has 1 fully saturated rings. The van der Waals surface area contributed by atoms with Crippen molar-refractivity contribution >= 4 is 19.6 Å². The van der Waals surface area contributed by atoms with Gasteiger partial charge in [-0.1, -0.05) is 6.07 Å². The van der Waals surface area contributed by atoms with Crippen LogP contribution in [0.3, 0.4) is 0 Å². The number of carbonyl (C=O) groups is 2. The number of rotatable bonds is 6. The molecule has 7 nitrogen and oxygen atoms in total. The van der Waals surface area contributed by atoms with Gasteiger partial charge in [-0.05, 0) is 29.8 Å². The van der Waals surface area contributed by atoms with Crippen LogP contribution in [0.5, 0.6) is 5.75 Å². The molecule has 1 aromatic carbocycles. The van der Waals surface area contributed by atoms with Gasteiger partial charge in [0.1, 0.15) is 23.7 Å². The molecule has 1 radical (unpaired) electrons. The molecule has 2 unspecified atom stereocenters. The molecule has 0 spiro atoms. The van der Waals surface area contributed by atoms with E-state index in [-0.39, 0.29) is 30.4 Å². The molecule has 24 heavy (non-hydrogen) atoms. The van der Waals surface area contributed by atoms with Gasteiger partial charge in [0.05, 0.1) is 6.61 Å². The number of ether oxygens (including phenoxy) is 4. The largest absolute Gasteiger partial charge is 0.562 e. The van der Waals surface area contributed by atoms with E-state index in [1.165, 1.54) is 13.2 Å². The third-order valence-electron chi connectivity index (χ3n) is 3.82. The number of benzene rings is 1. The standard InChI is InChI=1S/C15H15BFO7/c1-20-4-5-21-15(19)23-7-22-14(18)12-11(17)3-2-8-9-6-10(9)16-24-13(8)12/h2-3,9-10H,4-7H2,1H3. The highest BCUT2D eigenvalue weighted by molar-refractivity contribution is 6.34. The minimum atomic E-state index is -1.01. The summed E-state index contributed by atoms with van der Waals surface area (Å²) in [5, 5.41) is 0. The zero-order valence-electron chi connectivity index (χ0n) is 13.0. The second-order valence-electron chi connectivity index (χ2n) is 5.39. The maximum atomic E-state index is 14.0. The summed E-state index contributed by atoms with van der Waals surface area (Å²) in [4.78, 5) is 23.3. The molecule has 1 heterocycles. The second-order valence-corrected chi connectivity index (χ2v) is 5.39. The summed E-state index contributed by atoms with van der Waals surface area (Å²) < 4.78 is 38.1. The molecule has 0 N–H and O–H groups in total. The van der Waals surface area contributed by atoms with Crippen LogP contribution in [0.1, 0.15) is 28.3 Å². The van der Waals surface area contributed by atoms with E-state index in [9.17, 15) is 14.0 Å². The van der Waals surface area contributed by atoms with Crippen molar-refractivity contribution in [3.63, 3.8) is 0 Å². The third-order valence-corrected chi connectivity index (χ3v) is 3.82. The summed E-state index contributed by atoms with van der Waals surface area (Å²) in [6, 6.07) is 2.82. The predicted molar refractivity (Wildman–Crippen MR) is 78.5 cm³/mol. The molecule has 0 aromatic heterocycles. The molecule has 1 aliphatic carbocycles. The van der Waals surface area contributed by atoms with Gasteiger partial charge in [0.2, 0.25) is 6.79 Å². The lowest BCUT2D eigenvalue weighted by Crippen LogP contribution is -2.19. The topological polar surface area (TPSA) is 80.3 Å². The molecule has 1 aliphatic heterocycles. The van der Waals surface area contributed by atoms with Crippen molar-refractivity contribution in [1.82, 2.24) is 0 Å². The lowest BCUT2D eigenvalue weighted by atomic mass is 9.84. The zero-order valence-corrected chi connectivity index (χ0v) is 13.0. The molecule has 0 bridgehead atoms. The van der Waals surface area contributed by atoms with Crippen molar-refractivity contribution in [2.24, 2.45) is 0 Å². The van der Waals surface area contributed by atoms with Gasteiger partial charge in [-0.3, -0.25) is 0 Å². The molecule has 1 aromatic rings. The van der Waals surface area contributed by atoms with Gasteiger partial charge in [-0.15, -0.1) is 0 Å². The summed E-state index contributed by atoms with van der Waals surface area (Å²) in [6.07, 6.45) is -0.0929. The molecule has 0 saturated heterocycles. The van der Waals surface area contributed by atoms with Crippen molar-refractivity contribution in [2.45, 2.75) is 18.2 Å². The Labute approximate surface area is 138 Å². The maximum Gasteiger partial charge on any atom is 0.511 e. The summed E-state index contributed by atoms with van der Waals surface area (Å²) in [5.41, 5.74) is 0.487. The van der Waals surface area contributed by atoms with Crippen LogP contribution in [0, 0.1) is 5.82 Å². The Kier molecular flexibility index (Phi) is 4.89. The number of halogens is 1. The molecule has 2 atom stereocenters. The van der Waals surface area contributed by atoms with Crippen molar-refractivity contribution in [3.05, 3.63) is 29.1 Å². The Balaban J connectivity index is 1.58. The van der Waals surface area contributed by atoms with Crippen molar-refractivity contribution in [3.8, 4) is 5.75 Å². The second kappa shape index (κ2) is 7.08. The van der Waals surface area contributed by atoms with E-state index in [1.807, 2.05) is 0 Å². The minimum Gasteiger partial charge on any atom is -0.562 e. The normalized spacial score (nSPS) is 19.9. The Hall–Kier alpha value is -2.29. The Bertz CT molecular complexity index is 651. The van der Waals surface area contributed by atoms with E-state index in [4.69, 9.17) is 14.1 Å². The van der Waals surface area contributed by atoms with Gasteiger partial charge >= 0.3 is 19.6 Å². The number of fused-ring (bicyclic) bond motifs is 3. The summed E-state index contributed by atoms with van der Waals surface area (Å²) in [6.45, 7) is -0.466. The third kappa shape index (κ3) is 3.45. The first kappa shape index (κ1) is 16.6. The van der Waals surface area contributed by atoms with E-state index in [2.05, 4.69) is 9.47 Å². The summed E-state index contributed by atoms with van der Waals surface area (Å²) in [5.74, 6) is -0.984. The molecule has 127 valence electrons. The molecule has 2 aliphatic rings. The lowest BCUT2D eigenvalue weighted by Gasteiger charge is -2.19. The minimum absolute atomic E-state index is 0.0102. The average Bonchev–Trinajstić information content (AvgIpc) is 3.34. The first-order valence-corrected chi connectivity index (χ1v) is 7.39. The summed E-state index contributed by atoms with van der Waals surface area (Å²) >= 11 is 0. The number of hydrogen-bond donors (Lipinski definition) is 0. The monoisotopic (exact) mass is 337 g/mol. The fourth-order valence-electron chi connectivity index (χ4n) is 2.52. The number of carbonyl (C=O) groups excluding carboxylic acids is 2. The Morgan fingerprint density at radius 1 is 1.29 bits per heavy atom. The number of hydrogen-bond acceptors (Lipinski definition) is 7. The highest BCUT2D eigenvalue weighted by Crippen LogP contribution is 2.58. The molecular formula is C15H15BFO7. The van der Waals surface area contributed by atoms with Gasteiger partial charge in [0.25, 0.3) is 0 Å². The SMILES string of the molecule is COCCOC(=O)OCOC(=O)c1c(F)ccc2c1O[B]C1CC21. The summed E-state index contributed by atoms with van der Waals surface area (Å²) in [7, 11) is 3.06. The predicted octanol–water partition coefficient (Wildman–Crippen LogP) is 2.03. The molecule has 0 amide bonds. The van der Waals surface area contributed by atoms with E-state index in [1.54, 1.807) is 13.5 Å². The lowest BCUT2D eigenvalue weighted by molar-refractivity contribution is -0.0317. The smallest absolute Gasteiger partial charge is 0.511 e. The van der Waals surface area contributed by atoms with Crippen LogP contribution >= 0.6 is 0 Å². The number of methoxy groups -OCH3 is 1. The highest BCUT2D eigenvalue weighted by Gasteiger charge is 2.46. The first-order chi connectivity index (χ1) is 11.6. The van der Waals surface area contributed by atoms with Crippen LogP contribution in [0.2, 0.25) is 5.82 Å². The molecule has 1 saturated carbocycles. The van der Waals surface area contributed by atoms with Gasteiger partial charge in [0.15, 0.2) is 0 Å². The van der Waals surface area contributed by atoms with Gasteiger partial charge in [-0.2, -0.15) is 0 Å². The molecular weight excluding hydrogens is 322 g/mol. The fraction of sp³-hybridized carbons (Fsp3) is 0.467. The number of esters is 1. The van der Waals surface area contributed by atoms with Crippen LogP contribution in [0.25, 0.3) is 0 Å². The van der Waals surface area contributed by atoms with E-state index in [0.717, 1.165) is 12.0 Å². The van der Waals surface area contributed by atoms with E-state index in [0.29, 0.717) is 5.82 Å². The van der Waals surface area contributed by atoms with Gasteiger partial charge in [-0.25, -0.2) is 14.0 Å². The molecule has 3 rings (SSSR count). The van der Waals surface area contributed by atoms with Crippen molar-refractivity contribution < 1.29 is 37.6 Å². The zero-order chi connectivity index (χ0) is 17.1. The molecule has 9 heteroatoms. The van der Waals surface area contributed by atoms with E-state index >= 15 is 0 Å². The van der Waals surface area contributed by atoms with E-state index < -0.39 is 24.7 Å². The first-order valence-electron chi connectivity index (χ1n) is 7.39. The van der Waals surface area contributed by atoms with Crippen LogP contribution in [-0.4, -0.2) is 46.7 Å². The van der Waals surface area contributed by atoms with Crippen LogP contribution in [0.4, 0.5) is 9.18 Å². The average molecular weight is 337 g/mol. The fourth-order valence-corrected chi connectivity index (χ4v) is 2.52. The van der Waals surface area contributed by atoms with Crippen molar-refractivity contribution in [1.29, 1.82) is 0 Å². The van der Waals surface area contributed by atoms with Crippen molar-refractivity contribution in [2.75, 3.05) is 27.1 Å². The van der Waals surface area contributed by atoms with Gasteiger partial charge < -0.3 is 23.6 Å². The Morgan fingerprint density at radius 3 is 2.92 bits per heavy atom. The van der Waals surface area contributed by atoms with Crippen LogP contribution in [0.15, 0.2) is 12.1 Å². The van der Waals surface area contributed by atoms with Crippen LogP contribution in [-0.2, 0) is 18.9 Å². The van der Waals surface area contributed by atoms with Crippen LogP contribution < -0.4 is 4.65 Å². The quantitative estimate of drug-likeness (QED) is 0.340.